The maximum absolute atomic E-state index is 9.65. The van der Waals surface area contributed by atoms with Crippen molar-refractivity contribution < 1.29 is 25.2 Å². The molecular formula is C9H20N2O5. The van der Waals surface area contributed by atoms with E-state index in [0.717, 1.165) is 0 Å². The molecule has 0 aromatic rings. The van der Waals surface area contributed by atoms with Crippen molar-refractivity contribution >= 4 is 0 Å². The van der Waals surface area contributed by atoms with Gasteiger partial charge in [0.15, 0.2) is 0 Å². The summed E-state index contributed by atoms with van der Waals surface area (Å²) in [6.07, 6.45) is -5.25. The molecule has 1 unspecified atom stereocenters. The van der Waals surface area contributed by atoms with E-state index < -0.39 is 37.1 Å². The van der Waals surface area contributed by atoms with Crippen molar-refractivity contribution in [3.05, 3.63) is 0 Å². The molecule has 1 heterocycles. The smallest absolute Gasteiger partial charge is 0.111 e. The van der Waals surface area contributed by atoms with Crippen LogP contribution in [0.4, 0.5) is 0 Å². The van der Waals surface area contributed by atoms with Gasteiger partial charge in [-0.25, -0.2) is 0 Å². The van der Waals surface area contributed by atoms with Gasteiger partial charge in [-0.3, -0.25) is 0 Å². The van der Waals surface area contributed by atoms with Crippen molar-refractivity contribution in [2.75, 3.05) is 13.2 Å². The summed E-state index contributed by atoms with van der Waals surface area (Å²) in [5.74, 6) is 0. The third kappa shape index (κ3) is 2.89. The molecule has 0 aromatic heterocycles. The molecule has 1 saturated heterocycles. The molecule has 6 atom stereocenters. The molecule has 8 N–H and O–H groups in total. The lowest BCUT2D eigenvalue weighted by molar-refractivity contribution is -0.231. The van der Waals surface area contributed by atoms with Crippen LogP contribution in [0.2, 0.25) is 0 Å². The van der Waals surface area contributed by atoms with E-state index in [-0.39, 0.29) is 19.0 Å². The van der Waals surface area contributed by atoms with Crippen molar-refractivity contribution in [1.29, 1.82) is 0 Å². The lowest BCUT2D eigenvalue weighted by Crippen LogP contribution is -2.59. The monoisotopic (exact) mass is 236 g/mol. The zero-order valence-corrected chi connectivity index (χ0v) is 8.94. The summed E-state index contributed by atoms with van der Waals surface area (Å²) in [7, 11) is 0. The summed E-state index contributed by atoms with van der Waals surface area (Å²) in [6, 6.07) is -0.360. The minimum absolute atomic E-state index is 0.231. The Morgan fingerprint density at radius 1 is 1.06 bits per heavy atom. The van der Waals surface area contributed by atoms with E-state index in [4.69, 9.17) is 21.3 Å². The molecule has 0 amide bonds. The maximum atomic E-state index is 9.65. The first-order valence-corrected chi connectivity index (χ1v) is 5.27. The van der Waals surface area contributed by atoms with Crippen LogP contribution in [0.1, 0.15) is 6.42 Å². The molecule has 1 aliphatic rings. The van der Waals surface area contributed by atoms with Crippen LogP contribution in [0.15, 0.2) is 0 Å². The quantitative estimate of drug-likeness (QED) is 0.297. The summed E-state index contributed by atoms with van der Waals surface area (Å²) < 4.78 is 5.26. The van der Waals surface area contributed by atoms with Crippen LogP contribution < -0.4 is 11.5 Å². The van der Waals surface area contributed by atoms with Crippen LogP contribution in [0.5, 0.6) is 0 Å². The van der Waals surface area contributed by atoms with E-state index in [9.17, 15) is 15.3 Å². The van der Waals surface area contributed by atoms with Crippen LogP contribution in [0.25, 0.3) is 0 Å². The normalized spacial score (nSPS) is 42.0. The van der Waals surface area contributed by atoms with E-state index in [1.165, 1.54) is 0 Å². The zero-order chi connectivity index (χ0) is 12.3. The molecule has 7 nitrogen and oxygen atoms in total. The third-order valence-corrected chi connectivity index (χ3v) is 2.83. The Bertz CT molecular complexity index is 216. The number of hydrogen-bond donors (Lipinski definition) is 6. The van der Waals surface area contributed by atoms with Crippen LogP contribution in [0.3, 0.4) is 0 Å². The average molecular weight is 236 g/mol. The van der Waals surface area contributed by atoms with Gasteiger partial charge in [0.2, 0.25) is 0 Å². The third-order valence-electron chi connectivity index (χ3n) is 2.83. The van der Waals surface area contributed by atoms with Gasteiger partial charge in [-0.05, 0) is 6.42 Å². The Morgan fingerprint density at radius 2 is 1.62 bits per heavy atom. The standard InChI is InChI=1S/C9H20N2O5/c10-2-4(11)1-5-7(13)9(15)8(14)6(3-12)16-5/h4-9,12-15H,1-3,10-11H2/t4?,5-,6-,7+,8+,9-/m1/s1. The van der Waals surface area contributed by atoms with Crippen molar-refractivity contribution in [3.8, 4) is 0 Å². The first kappa shape index (κ1) is 13.8. The molecule has 7 heteroatoms. The van der Waals surface area contributed by atoms with Gasteiger partial charge in [0.05, 0.1) is 12.7 Å². The highest BCUT2D eigenvalue weighted by Crippen LogP contribution is 2.23. The summed E-state index contributed by atoms with van der Waals surface area (Å²) in [4.78, 5) is 0. The largest absolute Gasteiger partial charge is 0.394 e. The highest BCUT2D eigenvalue weighted by molar-refractivity contribution is 4.93. The van der Waals surface area contributed by atoms with Gasteiger partial charge < -0.3 is 36.6 Å². The molecule has 1 fully saturated rings. The molecule has 0 radical (unpaired) electrons. The summed E-state index contributed by atoms with van der Waals surface area (Å²) in [5.41, 5.74) is 11.0. The van der Waals surface area contributed by atoms with Gasteiger partial charge in [-0.1, -0.05) is 0 Å². The van der Waals surface area contributed by atoms with Crippen LogP contribution in [-0.4, -0.2) is 70.1 Å². The second kappa shape index (κ2) is 5.87. The Balaban J connectivity index is 2.63. The predicted molar refractivity (Wildman–Crippen MR) is 55.4 cm³/mol. The fourth-order valence-electron chi connectivity index (χ4n) is 1.77. The topological polar surface area (TPSA) is 142 Å². The summed E-state index contributed by atoms with van der Waals surface area (Å²) >= 11 is 0. The molecule has 96 valence electrons. The number of aliphatic hydroxyl groups is 4. The van der Waals surface area contributed by atoms with Gasteiger partial charge in [-0.2, -0.15) is 0 Å². The van der Waals surface area contributed by atoms with E-state index in [2.05, 4.69) is 0 Å². The fourth-order valence-corrected chi connectivity index (χ4v) is 1.77. The molecule has 1 aliphatic heterocycles. The van der Waals surface area contributed by atoms with Crippen LogP contribution >= 0.6 is 0 Å². The van der Waals surface area contributed by atoms with E-state index in [1.807, 2.05) is 0 Å². The number of aliphatic hydroxyl groups excluding tert-OH is 4. The van der Waals surface area contributed by atoms with Crippen molar-refractivity contribution in [1.82, 2.24) is 0 Å². The Morgan fingerprint density at radius 3 is 2.12 bits per heavy atom. The van der Waals surface area contributed by atoms with E-state index >= 15 is 0 Å². The van der Waals surface area contributed by atoms with Crippen LogP contribution in [-0.2, 0) is 4.74 Å². The maximum Gasteiger partial charge on any atom is 0.111 e. The number of nitrogens with two attached hydrogens (primary N) is 2. The molecular weight excluding hydrogens is 216 g/mol. The second-order valence-electron chi connectivity index (χ2n) is 4.10. The average Bonchev–Trinajstić information content (AvgIpc) is 2.29. The van der Waals surface area contributed by atoms with Crippen molar-refractivity contribution in [2.45, 2.75) is 43.0 Å². The number of ether oxygens (including phenoxy) is 1. The van der Waals surface area contributed by atoms with Crippen molar-refractivity contribution in [2.24, 2.45) is 11.5 Å². The Hall–Kier alpha value is -0.280. The van der Waals surface area contributed by atoms with Gasteiger partial charge in [0.1, 0.15) is 24.4 Å². The first-order chi connectivity index (χ1) is 7.51. The lowest BCUT2D eigenvalue weighted by Gasteiger charge is -2.40. The highest BCUT2D eigenvalue weighted by atomic mass is 16.5. The van der Waals surface area contributed by atoms with Gasteiger partial charge in [0, 0.05) is 12.6 Å². The lowest BCUT2D eigenvalue weighted by atomic mass is 9.92. The minimum Gasteiger partial charge on any atom is -0.394 e. The van der Waals surface area contributed by atoms with Gasteiger partial charge >= 0.3 is 0 Å². The van der Waals surface area contributed by atoms with E-state index in [0.29, 0.717) is 0 Å². The Kier molecular flexibility index (Phi) is 5.06. The number of rotatable bonds is 4. The fraction of sp³-hybridized carbons (Fsp3) is 1.00. The molecule has 0 bridgehead atoms. The molecule has 1 rings (SSSR count). The second-order valence-corrected chi connectivity index (χ2v) is 4.10. The minimum atomic E-state index is -1.35. The predicted octanol–water partition coefficient (Wildman–Crippen LogP) is -3.50. The molecule has 0 aliphatic carbocycles. The van der Waals surface area contributed by atoms with Gasteiger partial charge in [-0.15, -0.1) is 0 Å². The zero-order valence-electron chi connectivity index (χ0n) is 8.94. The SMILES string of the molecule is NCC(N)C[C@H]1O[C@H](CO)[C@H](O)[C@H](O)[C@H]1O. The summed E-state index contributed by atoms with van der Waals surface area (Å²) in [5, 5.41) is 37.6. The Labute approximate surface area is 93.6 Å². The highest BCUT2D eigenvalue weighted by Gasteiger charge is 2.43. The summed E-state index contributed by atoms with van der Waals surface area (Å²) in [6.45, 7) is -0.200. The molecule has 16 heavy (non-hydrogen) atoms. The van der Waals surface area contributed by atoms with Gasteiger partial charge in [0.25, 0.3) is 0 Å². The number of hydrogen-bond acceptors (Lipinski definition) is 7. The van der Waals surface area contributed by atoms with Crippen molar-refractivity contribution in [3.63, 3.8) is 0 Å². The molecule has 0 aromatic carbocycles. The molecule has 0 saturated carbocycles. The first-order valence-electron chi connectivity index (χ1n) is 5.27. The van der Waals surface area contributed by atoms with Crippen LogP contribution in [0, 0.1) is 0 Å². The molecule has 0 spiro atoms. The van der Waals surface area contributed by atoms with E-state index in [1.54, 1.807) is 0 Å².